The second-order valence-corrected chi connectivity index (χ2v) is 5.34. The molecule has 1 N–H and O–H groups in total. The quantitative estimate of drug-likeness (QED) is 0.865. The molecule has 1 fully saturated rings. The van der Waals surface area contributed by atoms with Crippen molar-refractivity contribution in [2.75, 3.05) is 20.6 Å². The van der Waals surface area contributed by atoms with E-state index < -0.39 is 0 Å². The SMILES string of the molecule is CCNC1CCCCC1c1nc(CN(C)C)no1. The molecule has 0 aliphatic heterocycles. The van der Waals surface area contributed by atoms with Crippen LogP contribution < -0.4 is 5.32 Å². The van der Waals surface area contributed by atoms with E-state index in [0.29, 0.717) is 12.0 Å². The smallest absolute Gasteiger partial charge is 0.231 e. The zero-order chi connectivity index (χ0) is 13.0. The number of nitrogens with zero attached hydrogens (tertiary/aromatic N) is 3. The second-order valence-electron chi connectivity index (χ2n) is 5.34. The number of hydrogen-bond acceptors (Lipinski definition) is 5. The lowest BCUT2D eigenvalue weighted by molar-refractivity contribution is 0.263. The molecule has 1 aromatic heterocycles. The number of rotatable bonds is 5. The predicted molar refractivity (Wildman–Crippen MR) is 70.4 cm³/mol. The summed E-state index contributed by atoms with van der Waals surface area (Å²) in [7, 11) is 4.02. The summed E-state index contributed by atoms with van der Waals surface area (Å²) in [5.74, 6) is 2.00. The zero-order valence-corrected chi connectivity index (χ0v) is 11.6. The van der Waals surface area contributed by atoms with Gasteiger partial charge in [0.2, 0.25) is 5.89 Å². The van der Waals surface area contributed by atoms with Gasteiger partial charge in [0, 0.05) is 6.04 Å². The summed E-state index contributed by atoms with van der Waals surface area (Å²) >= 11 is 0. The van der Waals surface area contributed by atoms with Gasteiger partial charge in [-0.3, -0.25) is 0 Å². The van der Waals surface area contributed by atoms with Crippen molar-refractivity contribution >= 4 is 0 Å². The fourth-order valence-electron chi connectivity index (χ4n) is 2.70. The Morgan fingerprint density at radius 3 is 2.83 bits per heavy atom. The first kappa shape index (κ1) is 13.5. The minimum Gasteiger partial charge on any atom is -0.339 e. The highest BCUT2D eigenvalue weighted by Crippen LogP contribution is 2.32. The lowest BCUT2D eigenvalue weighted by Gasteiger charge is -2.29. The van der Waals surface area contributed by atoms with Gasteiger partial charge in [-0.15, -0.1) is 0 Å². The van der Waals surface area contributed by atoms with Crippen molar-refractivity contribution in [2.45, 2.75) is 51.1 Å². The molecular formula is C13H24N4O. The van der Waals surface area contributed by atoms with E-state index >= 15 is 0 Å². The van der Waals surface area contributed by atoms with Crippen LogP contribution in [0.15, 0.2) is 4.52 Å². The van der Waals surface area contributed by atoms with Crippen LogP contribution in [-0.2, 0) is 6.54 Å². The second kappa shape index (κ2) is 6.29. The van der Waals surface area contributed by atoms with E-state index in [4.69, 9.17) is 4.52 Å². The molecule has 0 saturated heterocycles. The molecule has 0 aromatic carbocycles. The number of nitrogens with one attached hydrogen (secondary N) is 1. The lowest BCUT2D eigenvalue weighted by Crippen LogP contribution is -2.37. The van der Waals surface area contributed by atoms with E-state index in [1.807, 2.05) is 14.1 Å². The fraction of sp³-hybridized carbons (Fsp3) is 0.846. The maximum absolute atomic E-state index is 5.45. The highest BCUT2D eigenvalue weighted by molar-refractivity contribution is 5.01. The Morgan fingerprint density at radius 2 is 2.11 bits per heavy atom. The normalized spacial score (nSPS) is 24.7. The van der Waals surface area contributed by atoms with Gasteiger partial charge in [0.05, 0.1) is 12.5 Å². The van der Waals surface area contributed by atoms with Crippen LogP contribution in [0.5, 0.6) is 0 Å². The largest absolute Gasteiger partial charge is 0.339 e. The molecule has 1 aromatic rings. The maximum Gasteiger partial charge on any atom is 0.231 e. The molecule has 0 bridgehead atoms. The van der Waals surface area contributed by atoms with Crippen molar-refractivity contribution in [2.24, 2.45) is 0 Å². The van der Waals surface area contributed by atoms with E-state index in [-0.39, 0.29) is 0 Å². The third kappa shape index (κ3) is 3.29. The minimum atomic E-state index is 0.391. The molecule has 1 aliphatic carbocycles. The molecule has 0 spiro atoms. The van der Waals surface area contributed by atoms with Crippen LogP contribution >= 0.6 is 0 Å². The van der Waals surface area contributed by atoms with Crippen LogP contribution in [0.25, 0.3) is 0 Å². The van der Waals surface area contributed by atoms with Crippen molar-refractivity contribution in [3.05, 3.63) is 11.7 Å². The van der Waals surface area contributed by atoms with Crippen LogP contribution in [0, 0.1) is 0 Å². The van der Waals surface area contributed by atoms with Crippen molar-refractivity contribution in [3.8, 4) is 0 Å². The Morgan fingerprint density at radius 1 is 1.33 bits per heavy atom. The highest BCUT2D eigenvalue weighted by Gasteiger charge is 2.30. The van der Waals surface area contributed by atoms with E-state index in [9.17, 15) is 0 Å². The van der Waals surface area contributed by atoms with E-state index in [2.05, 4.69) is 27.3 Å². The van der Waals surface area contributed by atoms with Gasteiger partial charge in [-0.05, 0) is 33.5 Å². The average molecular weight is 252 g/mol. The third-order valence-corrected chi connectivity index (χ3v) is 3.49. The van der Waals surface area contributed by atoms with E-state index in [1.54, 1.807) is 0 Å². The molecule has 1 aliphatic rings. The molecule has 5 nitrogen and oxygen atoms in total. The molecule has 2 atom stereocenters. The van der Waals surface area contributed by atoms with Crippen LogP contribution in [0.1, 0.15) is 50.2 Å². The Kier molecular flexibility index (Phi) is 4.72. The summed E-state index contributed by atoms with van der Waals surface area (Å²) in [6, 6.07) is 0.497. The summed E-state index contributed by atoms with van der Waals surface area (Å²) in [6.45, 7) is 3.89. The first-order valence-electron chi connectivity index (χ1n) is 6.91. The Bertz CT molecular complexity index is 362. The zero-order valence-electron chi connectivity index (χ0n) is 11.6. The average Bonchev–Trinajstić information content (AvgIpc) is 2.77. The number of aromatic nitrogens is 2. The summed E-state index contributed by atoms with van der Waals surface area (Å²) in [5, 5.41) is 7.62. The van der Waals surface area contributed by atoms with Crippen molar-refractivity contribution in [1.82, 2.24) is 20.4 Å². The van der Waals surface area contributed by atoms with E-state index in [0.717, 1.165) is 31.2 Å². The van der Waals surface area contributed by atoms with Crippen LogP contribution in [0.2, 0.25) is 0 Å². The Balaban J connectivity index is 2.05. The molecule has 102 valence electrons. The molecule has 1 heterocycles. The van der Waals surface area contributed by atoms with Gasteiger partial charge in [-0.1, -0.05) is 24.9 Å². The molecule has 2 unspecified atom stereocenters. The van der Waals surface area contributed by atoms with Crippen LogP contribution in [0.4, 0.5) is 0 Å². The predicted octanol–water partition coefficient (Wildman–Crippen LogP) is 1.77. The molecule has 0 amide bonds. The first-order chi connectivity index (χ1) is 8.70. The van der Waals surface area contributed by atoms with Gasteiger partial charge in [0.25, 0.3) is 0 Å². The molecule has 18 heavy (non-hydrogen) atoms. The van der Waals surface area contributed by atoms with Crippen LogP contribution in [0.3, 0.4) is 0 Å². The van der Waals surface area contributed by atoms with Gasteiger partial charge in [-0.25, -0.2) is 0 Å². The van der Waals surface area contributed by atoms with Gasteiger partial charge < -0.3 is 14.7 Å². The summed E-state index contributed by atoms with van der Waals surface area (Å²) in [4.78, 5) is 6.60. The van der Waals surface area contributed by atoms with Gasteiger partial charge in [0.15, 0.2) is 5.82 Å². The standard InChI is InChI=1S/C13H24N4O/c1-4-14-11-8-6-5-7-10(11)13-15-12(16-18-13)9-17(2)3/h10-11,14H,4-9H2,1-3H3. The van der Waals surface area contributed by atoms with Crippen molar-refractivity contribution in [3.63, 3.8) is 0 Å². The molecule has 2 rings (SSSR count). The number of likely N-dealkylation sites (N-methyl/N-ethyl adjacent to an activating group) is 1. The summed E-state index contributed by atoms with van der Waals surface area (Å²) in [6.07, 6.45) is 4.93. The van der Waals surface area contributed by atoms with Crippen molar-refractivity contribution < 1.29 is 4.52 Å². The molecular weight excluding hydrogens is 228 g/mol. The highest BCUT2D eigenvalue weighted by atomic mass is 16.5. The third-order valence-electron chi connectivity index (χ3n) is 3.49. The molecule has 5 heteroatoms. The minimum absolute atomic E-state index is 0.391. The van der Waals surface area contributed by atoms with Gasteiger partial charge >= 0.3 is 0 Å². The van der Waals surface area contributed by atoms with Crippen molar-refractivity contribution in [1.29, 1.82) is 0 Å². The Hall–Kier alpha value is -0.940. The van der Waals surface area contributed by atoms with Gasteiger partial charge in [-0.2, -0.15) is 4.98 Å². The monoisotopic (exact) mass is 252 g/mol. The first-order valence-corrected chi connectivity index (χ1v) is 6.91. The Labute approximate surface area is 109 Å². The van der Waals surface area contributed by atoms with Crippen LogP contribution in [-0.4, -0.2) is 41.7 Å². The summed E-state index contributed by atoms with van der Waals surface area (Å²) in [5.41, 5.74) is 0. The lowest BCUT2D eigenvalue weighted by atomic mass is 9.84. The molecule has 1 saturated carbocycles. The van der Waals surface area contributed by atoms with Gasteiger partial charge in [0.1, 0.15) is 0 Å². The molecule has 0 radical (unpaired) electrons. The number of hydrogen-bond donors (Lipinski definition) is 1. The summed E-state index contributed by atoms with van der Waals surface area (Å²) < 4.78 is 5.45. The van der Waals surface area contributed by atoms with E-state index in [1.165, 1.54) is 19.3 Å². The topological polar surface area (TPSA) is 54.2 Å². The fourth-order valence-corrected chi connectivity index (χ4v) is 2.70. The maximum atomic E-state index is 5.45.